The zero-order valence-electron chi connectivity index (χ0n) is 22.1. The van der Waals surface area contributed by atoms with Gasteiger partial charge in [0, 0.05) is 45.0 Å². The number of hydrogen-bond donors (Lipinski definition) is 2. The van der Waals surface area contributed by atoms with Gasteiger partial charge in [-0.2, -0.15) is 0 Å². The van der Waals surface area contributed by atoms with E-state index in [0.29, 0.717) is 49.4 Å². The first-order chi connectivity index (χ1) is 17.5. The van der Waals surface area contributed by atoms with E-state index in [4.69, 9.17) is 14.5 Å². The maximum Gasteiger partial charge on any atom is 0.264 e. The third-order valence-corrected chi connectivity index (χ3v) is 8.60. The molecular formula is C27H36N4O5S. The fourth-order valence-corrected chi connectivity index (χ4v) is 6.00. The molecule has 1 saturated heterocycles. The number of carbonyl (C=O) groups is 1. The number of anilines is 2. The molecule has 1 aromatic heterocycles. The van der Waals surface area contributed by atoms with E-state index in [-0.39, 0.29) is 10.8 Å². The standard InChI is InChI=1S/C27H36N4O5S/c1-6-36-27(3,4)26-29-23-11-12-24(22(25(23)30-26)17-19-13-15-35-16-14-19)31(5)37(33,34)21-9-7-20(8-10-21)28-18(2)32/h7-12,19H,6,13-17H2,1-5H3,(H,28,32)(H,29,30). The number of ether oxygens (including phenoxy) is 2. The third kappa shape index (κ3) is 5.81. The normalized spacial score (nSPS) is 15.2. The molecule has 3 aromatic rings. The van der Waals surface area contributed by atoms with E-state index in [1.165, 1.54) is 23.4 Å². The van der Waals surface area contributed by atoms with Gasteiger partial charge < -0.3 is 19.8 Å². The van der Waals surface area contributed by atoms with Crippen LogP contribution in [0, 0.1) is 5.92 Å². The number of aromatic nitrogens is 2. The molecule has 2 aromatic carbocycles. The van der Waals surface area contributed by atoms with Gasteiger partial charge in [-0.3, -0.25) is 9.10 Å². The van der Waals surface area contributed by atoms with Crippen LogP contribution in [0.25, 0.3) is 11.0 Å². The molecule has 0 unspecified atom stereocenters. The van der Waals surface area contributed by atoms with Crippen molar-refractivity contribution in [1.29, 1.82) is 0 Å². The summed E-state index contributed by atoms with van der Waals surface area (Å²) in [4.78, 5) is 19.8. The highest BCUT2D eigenvalue weighted by atomic mass is 32.2. The second-order valence-electron chi connectivity index (χ2n) is 9.93. The zero-order valence-corrected chi connectivity index (χ0v) is 22.9. The Balaban J connectivity index is 1.77. The van der Waals surface area contributed by atoms with E-state index in [2.05, 4.69) is 10.3 Å². The predicted molar refractivity (Wildman–Crippen MR) is 144 cm³/mol. The van der Waals surface area contributed by atoms with Crippen LogP contribution < -0.4 is 9.62 Å². The summed E-state index contributed by atoms with van der Waals surface area (Å²) in [6.07, 6.45) is 2.52. The van der Waals surface area contributed by atoms with E-state index in [9.17, 15) is 13.2 Å². The number of aromatic amines is 1. The van der Waals surface area contributed by atoms with Gasteiger partial charge in [-0.25, -0.2) is 13.4 Å². The molecular weight excluding hydrogens is 492 g/mol. The minimum Gasteiger partial charge on any atom is -0.381 e. The zero-order chi connectivity index (χ0) is 26.8. The van der Waals surface area contributed by atoms with Crippen molar-refractivity contribution in [3.05, 3.63) is 47.8 Å². The number of sulfonamides is 1. The first-order valence-electron chi connectivity index (χ1n) is 12.6. The lowest BCUT2D eigenvalue weighted by Gasteiger charge is -2.26. The quantitative estimate of drug-likeness (QED) is 0.420. The van der Waals surface area contributed by atoms with Crippen LogP contribution in [0.2, 0.25) is 0 Å². The second kappa shape index (κ2) is 10.8. The predicted octanol–water partition coefficient (Wildman–Crippen LogP) is 4.59. The molecule has 2 heterocycles. The molecule has 1 amide bonds. The number of carbonyl (C=O) groups excluding carboxylic acids is 1. The van der Waals surface area contributed by atoms with E-state index in [1.54, 1.807) is 19.2 Å². The number of amides is 1. The summed E-state index contributed by atoms with van der Waals surface area (Å²) in [6, 6.07) is 9.91. The summed E-state index contributed by atoms with van der Waals surface area (Å²) in [5, 5.41) is 2.66. The fourth-order valence-electron chi connectivity index (χ4n) is 4.77. The minimum absolute atomic E-state index is 0.140. The van der Waals surface area contributed by atoms with Crippen LogP contribution >= 0.6 is 0 Å². The molecule has 0 spiro atoms. The van der Waals surface area contributed by atoms with Gasteiger partial charge >= 0.3 is 0 Å². The Hall–Kier alpha value is -2.95. The lowest BCUT2D eigenvalue weighted by molar-refractivity contribution is -0.114. The monoisotopic (exact) mass is 528 g/mol. The summed E-state index contributed by atoms with van der Waals surface area (Å²) >= 11 is 0. The van der Waals surface area contributed by atoms with Crippen LogP contribution in [0.1, 0.15) is 51.9 Å². The number of benzene rings is 2. The van der Waals surface area contributed by atoms with Crippen molar-refractivity contribution >= 4 is 38.3 Å². The summed E-state index contributed by atoms with van der Waals surface area (Å²) in [5.74, 6) is 0.852. The van der Waals surface area contributed by atoms with Crippen LogP contribution in [-0.4, -0.2) is 51.2 Å². The van der Waals surface area contributed by atoms with Crippen LogP contribution in [0.4, 0.5) is 11.4 Å². The number of fused-ring (bicyclic) bond motifs is 1. The lowest BCUT2D eigenvalue weighted by atomic mass is 9.91. The molecule has 1 fully saturated rings. The van der Waals surface area contributed by atoms with Gasteiger partial charge in [-0.15, -0.1) is 0 Å². The molecule has 4 rings (SSSR count). The number of H-pyrrole nitrogens is 1. The molecule has 37 heavy (non-hydrogen) atoms. The number of imidazole rings is 1. The van der Waals surface area contributed by atoms with Crippen molar-refractivity contribution in [2.45, 2.75) is 57.5 Å². The molecule has 0 saturated carbocycles. The largest absolute Gasteiger partial charge is 0.381 e. The van der Waals surface area contributed by atoms with Crippen LogP contribution in [0.5, 0.6) is 0 Å². The molecule has 0 bridgehead atoms. The number of hydrogen-bond acceptors (Lipinski definition) is 6. The Morgan fingerprint density at radius 3 is 2.49 bits per heavy atom. The molecule has 200 valence electrons. The average Bonchev–Trinajstić information content (AvgIpc) is 3.30. The molecule has 0 atom stereocenters. The Kier molecular flexibility index (Phi) is 7.91. The van der Waals surface area contributed by atoms with E-state index in [1.807, 2.05) is 32.9 Å². The number of nitrogens with one attached hydrogen (secondary N) is 2. The maximum absolute atomic E-state index is 13.7. The highest BCUT2D eigenvalue weighted by molar-refractivity contribution is 7.92. The van der Waals surface area contributed by atoms with Crippen molar-refractivity contribution in [2.24, 2.45) is 5.92 Å². The second-order valence-corrected chi connectivity index (χ2v) is 11.9. The molecule has 1 aliphatic heterocycles. The topological polar surface area (TPSA) is 114 Å². The smallest absolute Gasteiger partial charge is 0.264 e. The van der Waals surface area contributed by atoms with Crippen LogP contribution in [-0.2, 0) is 36.3 Å². The van der Waals surface area contributed by atoms with E-state index >= 15 is 0 Å². The van der Waals surface area contributed by atoms with Crippen LogP contribution in [0.3, 0.4) is 0 Å². The molecule has 0 radical (unpaired) electrons. The average molecular weight is 529 g/mol. The molecule has 9 nitrogen and oxygen atoms in total. The van der Waals surface area contributed by atoms with Crippen LogP contribution in [0.15, 0.2) is 41.3 Å². The maximum atomic E-state index is 13.7. The molecule has 2 N–H and O–H groups in total. The van der Waals surface area contributed by atoms with Gasteiger partial charge in [0.05, 0.1) is 21.6 Å². The Morgan fingerprint density at radius 1 is 1.19 bits per heavy atom. The number of nitrogens with zero attached hydrogens (tertiary/aromatic N) is 2. The van der Waals surface area contributed by atoms with Gasteiger partial charge in [0.1, 0.15) is 11.4 Å². The van der Waals surface area contributed by atoms with Gasteiger partial charge in [0.2, 0.25) is 5.91 Å². The summed E-state index contributed by atoms with van der Waals surface area (Å²) in [5.41, 5.74) is 3.01. The van der Waals surface area contributed by atoms with Crippen molar-refractivity contribution < 1.29 is 22.7 Å². The van der Waals surface area contributed by atoms with Gasteiger partial charge in [0.25, 0.3) is 10.0 Å². The van der Waals surface area contributed by atoms with Crippen molar-refractivity contribution in [2.75, 3.05) is 36.5 Å². The van der Waals surface area contributed by atoms with Gasteiger partial charge in [-0.1, -0.05) is 0 Å². The SMILES string of the molecule is CCOC(C)(C)c1nc2c(CC3CCOCC3)c(N(C)S(=O)(=O)c3ccc(NC(C)=O)cc3)ccc2[nH]1. The van der Waals surface area contributed by atoms with Gasteiger partial charge in [0.15, 0.2) is 0 Å². The summed E-state index contributed by atoms with van der Waals surface area (Å²) in [6.45, 7) is 9.24. The fraction of sp³-hybridized carbons (Fsp3) is 0.481. The lowest BCUT2D eigenvalue weighted by Crippen LogP contribution is -2.28. The highest BCUT2D eigenvalue weighted by Crippen LogP contribution is 2.36. The molecule has 0 aliphatic carbocycles. The van der Waals surface area contributed by atoms with Crippen molar-refractivity contribution in [1.82, 2.24) is 9.97 Å². The highest BCUT2D eigenvalue weighted by Gasteiger charge is 2.29. The van der Waals surface area contributed by atoms with E-state index in [0.717, 1.165) is 29.4 Å². The molecule has 1 aliphatic rings. The number of rotatable bonds is 9. The Morgan fingerprint density at radius 2 is 1.86 bits per heavy atom. The summed E-state index contributed by atoms with van der Waals surface area (Å²) < 4.78 is 40.1. The minimum atomic E-state index is -3.87. The Bertz CT molecular complexity index is 1360. The molecule has 10 heteroatoms. The van der Waals surface area contributed by atoms with E-state index < -0.39 is 15.6 Å². The summed E-state index contributed by atoms with van der Waals surface area (Å²) in [7, 11) is -2.29. The Labute approximate surface area is 218 Å². The van der Waals surface area contributed by atoms with Gasteiger partial charge in [-0.05, 0) is 82.3 Å². The van der Waals surface area contributed by atoms with Crippen molar-refractivity contribution in [3.8, 4) is 0 Å². The first-order valence-corrected chi connectivity index (χ1v) is 14.1. The van der Waals surface area contributed by atoms with Crippen molar-refractivity contribution in [3.63, 3.8) is 0 Å². The first kappa shape index (κ1) is 27.1. The third-order valence-electron chi connectivity index (χ3n) is 6.82.